The highest BCUT2D eigenvalue weighted by atomic mass is 35.5. The van der Waals surface area contributed by atoms with Gasteiger partial charge in [0.25, 0.3) is 5.88 Å². The van der Waals surface area contributed by atoms with E-state index in [2.05, 4.69) is 9.72 Å². The predicted octanol–water partition coefficient (Wildman–Crippen LogP) is 1.90. The number of hydrogen-bond donors (Lipinski definition) is 0. The van der Waals surface area contributed by atoms with Gasteiger partial charge >= 0.3 is 0 Å². The summed E-state index contributed by atoms with van der Waals surface area (Å²) in [6.45, 7) is 0. The Labute approximate surface area is 85.6 Å². The number of pyridine rings is 1. The molecule has 0 aromatic carbocycles. The van der Waals surface area contributed by atoms with Crippen molar-refractivity contribution >= 4 is 11.6 Å². The van der Waals surface area contributed by atoms with Crippen LogP contribution in [0.3, 0.4) is 0 Å². The van der Waals surface area contributed by atoms with Crippen LogP contribution in [0.1, 0.15) is 0 Å². The Morgan fingerprint density at radius 1 is 1.07 bits per heavy atom. The fourth-order valence-electron chi connectivity index (χ4n) is 0.931. The van der Waals surface area contributed by atoms with Crippen molar-refractivity contribution in [2.75, 3.05) is 21.3 Å². The Morgan fingerprint density at radius 3 is 2.07 bits per heavy atom. The molecule has 0 aliphatic heterocycles. The number of rotatable bonds is 3. The van der Waals surface area contributed by atoms with Gasteiger partial charge in [-0.3, -0.25) is 0 Å². The van der Waals surface area contributed by atoms with Gasteiger partial charge in [0.2, 0.25) is 11.7 Å². The van der Waals surface area contributed by atoms with Gasteiger partial charge in [0, 0.05) is 0 Å². The molecule has 1 aromatic heterocycles. The molecule has 1 heterocycles. The zero-order chi connectivity index (χ0) is 10.7. The molecule has 0 spiro atoms. The predicted molar refractivity (Wildman–Crippen MR) is 48.9 cm³/mol. The molecule has 0 saturated heterocycles. The normalized spacial score (nSPS) is 9.79. The molecule has 0 aliphatic rings. The van der Waals surface area contributed by atoms with Crippen LogP contribution in [0.25, 0.3) is 0 Å². The van der Waals surface area contributed by atoms with Gasteiger partial charge in [0.15, 0.2) is 5.75 Å². The Hall–Kier alpha value is -1.23. The lowest BCUT2D eigenvalue weighted by atomic mass is 10.4. The summed E-state index contributed by atoms with van der Waals surface area (Å²) in [6, 6.07) is 0. The first-order valence-corrected chi connectivity index (χ1v) is 4.04. The molecule has 0 unspecified atom stereocenters. The Bertz CT molecular complexity index is 318. The van der Waals surface area contributed by atoms with Crippen molar-refractivity contribution in [3.63, 3.8) is 0 Å². The molecular weight excluding hydrogens is 213 g/mol. The summed E-state index contributed by atoms with van der Waals surface area (Å²) in [7, 11) is 3.95. The Morgan fingerprint density at radius 2 is 1.64 bits per heavy atom. The van der Waals surface area contributed by atoms with Crippen molar-refractivity contribution in [2.45, 2.75) is 0 Å². The van der Waals surface area contributed by atoms with Crippen molar-refractivity contribution in [1.29, 1.82) is 0 Å². The quantitative estimate of drug-likeness (QED) is 0.782. The molecule has 4 nitrogen and oxygen atoms in total. The molecule has 0 atom stereocenters. The Balaban J connectivity index is 3.39. The molecule has 78 valence electrons. The summed E-state index contributed by atoms with van der Waals surface area (Å²) < 4.78 is 27.6. The van der Waals surface area contributed by atoms with E-state index in [0.717, 1.165) is 0 Å². The highest BCUT2D eigenvalue weighted by Crippen LogP contribution is 2.38. The third-order valence-electron chi connectivity index (χ3n) is 1.57. The van der Waals surface area contributed by atoms with Crippen LogP contribution in [0, 0.1) is 5.82 Å². The van der Waals surface area contributed by atoms with Crippen LogP contribution in [0.15, 0.2) is 0 Å². The average Bonchev–Trinajstić information content (AvgIpc) is 2.19. The molecular formula is C8H9ClFNO3. The van der Waals surface area contributed by atoms with Crippen LogP contribution < -0.4 is 14.2 Å². The molecule has 14 heavy (non-hydrogen) atoms. The van der Waals surface area contributed by atoms with Crippen LogP contribution >= 0.6 is 11.6 Å². The number of aromatic nitrogens is 1. The number of hydrogen-bond acceptors (Lipinski definition) is 4. The van der Waals surface area contributed by atoms with Crippen molar-refractivity contribution in [1.82, 2.24) is 4.98 Å². The topological polar surface area (TPSA) is 40.6 Å². The monoisotopic (exact) mass is 221 g/mol. The van der Waals surface area contributed by atoms with E-state index in [1.807, 2.05) is 0 Å². The lowest BCUT2D eigenvalue weighted by Crippen LogP contribution is -2.00. The molecule has 0 N–H and O–H groups in total. The minimum atomic E-state index is -0.749. The van der Waals surface area contributed by atoms with E-state index in [9.17, 15) is 4.39 Å². The van der Waals surface area contributed by atoms with E-state index < -0.39 is 5.82 Å². The zero-order valence-electron chi connectivity index (χ0n) is 7.93. The van der Waals surface area contributed by atoms with Gasteiger partial charge in [-0.1, -0.05) is 11.6 Å². The number of halogens is 2. The smallest absolute Gasteiger partial charge is 0.257 e. The molecule has 6 heteroatoms. The van der Waals surface area contributed by atoms with Crippen LogP contribution in [0.2, 0.25) is 5.02 Å². The first kappa shape index (κ1) is 10.8. The maximum atomic E-state index is 13.4. The van der Waals surface area contributed by atoms with Crippen molar-refractivity contribution in [2.24, 2.45) is 0 Å². The second-order valence-electron chi connectivity index (χ2n) is 2.29. The van der Waals surface area contributed by atoms with E-state index >= 15 is 0 Å². The molecule has 1 aromatic rings. The summed E-state index contributed by atoms with van der Waals surface area (Å²) in [5.41, 5.74) is 0. The first-order valence-electron chi connectivity index (χ1n) is 3.66. The average molecular weight is 222 g/mol. The van der Waals surface area contributed by atoms with Gasteiger partial charge in [-0.05, 0) is 0 Å². The standard InChI is InChI=1S/C8H9ClFNO3/c1-12-6-4(9)7(13-2)11-8(14-3)5(6)10/h1-3H3. The minimum absolute atomic E-state index is 0.0201. The van der Waals surface area contributed by atoms with Crippen molar-refractivity contribution in [3.05, 3.63) is 10.8 Å². The second kappa shape index (κ2) is 4.32. The van der Waals surface area contributed by atoms with Gasteiger partial charge in [0.1, 0.15) is 5.02 Å². The molecule has 1 rings (SSSR count). The highest BCUT2D eigenvalue weighted by Gasteiger charge is 2.20. The van der Waals surface area contributed by atoms with Crippen LogP contribution in [-0.4, -0.2) is 26.3 Å². The summed E-state index contributed by atoms with van der Waals surface area (Å²) in [5.74, 6) is -1.05. The van der Waals surface area contributed by atoms with Gasteiger partial charge in [-0.25, -0.2) is 0 Å². The second-order valence-corrected chi connectivity index (χ2v) is 2.67. The van der Waals surface area contributed by atoms with Gasteiger partial charge < -0.3 is 14.2 Å². The zero-order valence-corrected chi connectivity index (χ0v) is 8.68. The maximum Gasteiger partial charge on any atom is 0.257 e. The molecule has 0 fully saturated rings. The fraction of sp³-hybridized carbons (Fsp3) is 0.375. The highest BCUT2D eigenvalue weighted by molar-refractivity contribution is 6.33. The summed E-state index contributed by atoms with van der Waals surface area (Å²) in [5, 5.41) is -0.0201. The van der Waals surface area contributed by atoms with Crippen LogP contribution in [0.5, 0.6) is 17.5 Å². The number of ether oxygens (including phenoxy) is 3. The lowest BCUT2D eigenvalue weighted by molar-refractivity contribution is 0.320. The lowest BCUT2D eigenvalue weighted by Gasteiger charge is -2.10. The van der Waals surface area contributed by atoms with Gasteiger partial charge in [0.05, 0.1) is 21.3 Å². The fourth-order valence-corrected chi connectivity index (χ4v) is 1.21. The van der Waals surface area contributed by atoms with Crippen LogP contribution in [-0.2, 0) is 0 Å². The van der Waals surface area contributed by atoms with E-state index in [0.29, 0.717) is 0 Å². The van der Waals surface area contributed by atoms with E-state index in [1.54, 1.807) is 0 Å². The van der Waals surface area contributed by atoms with Gasteiger partial charge in [-0.2, -0.15) is 9.37 Å². The largest absolute Gasteiger partial charge is 0.492 e. The van der Waals surface area contributed by atoms with Gasteiger partial charge in [-0.15, -0.1) is 0 Å². The molecule has 0 radical (unpaired) electrons. The van der Waals surface area contributed by atoms with E-state index in [4.69, 9.17) is 21.1 Å². The minimum Gasteiger partial charge on any atom is -0.492 e. The van der Waals surface area contributed by atoms with E-state index in [-0.39, 0.29) is 22.5 Å². The molecule has 0 saturated carbocycles. The molecule has 0 bridgehead atoms. The molecule has 0 aliphatic carbocycles. The van der Waals surface area contributed by atoms with Crippen LogP contribution in [0.4, 0.5) is 4.39 Å². The third kappa shape index (κ3) is 1.68. The first-order chi connectivity index (χ1) is 6.65. The summed E-state index contributed by atoms with van der Waals surface area (Å²) in [4.78, 5) is 3.69. The van der Waals surface area contributed by atoms with E-state index in [1.165, 1.54) is 21.3 Å². The SMILES string of the molecule is COc1nc(OC)c(Cl)c(OC)c1F. The van der Waals surface area contributed by atoms with Crippen molar-refractivity contribution in [3.8, 4) is 17.5 Å². The summed E-state index contributed by atoms with van der Waals surface area (Å²) in [6.07, 6.45) is 0. The summed E-state index contributed by atoms with van der Waals surface area (Å²) >= 11 is 5.74. The third-order valence-corrected chi connectivity index (χ3v) is 1.90. The number of methoxy groups -OCH3 is 3. The van der Waals surface area contributed by atoms with Crippen molar-refractivity contribution < 1.29 is 18.6 Å². The Kier molecular flexibility index (Phi) is 3.35. The number of nitrogens with zero attached hydrogens (tertiary/aromatic N) is 1. The maximum absolute atomic E-state index is 13.4. The molecule has 0 amide bonds.